The zero-order chi connectivity index (χ0) is 14.4. The Morgan fingerprint density at radius 3 is 2.80 bits per heavy atom. The van der Waals surface area contributed by atoms with Crippen molar-refractivity contribution in [1.82, 2.24) is 15.1 Å². The van der Waals surface area contributed by atoms with Crippen molar-refractivity contribution in [3.63, 3.8) is 0 Å². The van der Waals surface area contributed by atoms with Crippen molar-refractivity contribution in [2.45, 2.75) is 12.1 Å². The van der Waals surface area contributed by atoms with E-state index in [0.29, 0.717) is 26.3 Å². The van der Waals surface area contributed by atoms with Gasteiger partial charge in [-0.05, 0) is 6.92 Å². The van der Waals surface area contributed by atoms with Gasteiger partial charge in [-0.15, -0.1) is 5.10 Å². The van der Waals surface area contributed by atoms with Crippen LogP contribution < -0.4 is 0 Å². The molecule has 0 atom stereocenters. The van der Waals surface area contributed by atoms with Crippen LogP contribution in [0.5, 0.6) is 0 Å². The maximum Gasteiger partial charge on any atom is 0.396 e. The standard InChI is InChI=1S/C11H15N3O5S/c1-2-18-10(16)9-12-13-11(19-9)20-7-8(15)14-3-5-17-6-4-14/h2-7H2,1H3. The topological polar surface area (TPSA) is 94.8 Å². The van der Waals surface area contributed by atoms with Gasteiger partial charge in [0.2, 0.25) is 5.91 Å². The fourth-order valence-corrected chi connectivity index (χ4v) is 2.24. The predicted molar refractivity (Wildman–Crippen MR) is 68.4 cm³/mol. The highest BCUT2D eigenvalue weighted by Crippen LogP contribution is 2.17. The largest absolute Gasteiger partial charge is 0.459 e. The van der Waals surface area contributed by atoms with E-state index in [4.69, 9.17) is 13.9 Å². The van der Waals surface area contributed by atoms with Gasteiger partial charge in [-0.1, -0.05) is 16.9 Å². The molecular weight excluding hydrogens is 286 g/mol. The van der Waals surface area contributed by atoms with Gasteiger partial charge >= 0.3 is 11.9 Å². The number of morpholine rings is 1. The Hall–Kier alpha value is -1.61. The highest BCUT2D eigenvalue weighted by Gasteiger charge is 2.20. The first-order chi connectivity index (χ1) is 9.70. The zero-order valence-electron chi connectivity index (χ0n) is 11.0. The summed E-state index contributed by atoms with van der Waals surface area (Å²) in [5, 5.41) is 7.43. The van der Waals surface area contributed by atoms with E-state index >= 15 is 0 Å². The molecule has 0 spiro atoms. The smallest absolute Gasteiger partial charge is 0.396 e. The molecule has 1 aliphatic heterocycles. The average Bonchev–Trinajstić information content (AvgIpc) is 2.95. The average molecular weight is 301 g/mol. The van der Waals surface area contributed by atoms with E-state index < -0.39 is 5.97 Å². The number of aromatic nitrogens is 2. The summed E-state index contributed by atoms with van der Waals surface area (Å²) in [6, 6.07) is 0. The molecule has 0 bridgehead atoms. The van der Waals surface area contributed by atoms with Gasteiger partial charge in [0.15, 0.2) is 0 Å². The Morgan fingerprint density at radius 1 is 1.35 bits per heavy atom. The maximum absolute atomic E-state index is 11.9. The van der Waals surface area contributed by atoms with Gasteiger partial charge in [-0.25, -0.2) is 4.79 Å². The van der Waals surface area contributed by atoms with Crippen LogP contribution in [0.25, 0.3) is 0 Å². The minimum Gasteiger partial charge on any atom is -0.459 e. The van der Waals surface area contributed by atoms with E-state index in [1.54, 1.807) is 11.8 Å². The number of hydrogen-bond acceptors (Lipinski definition) is 8. The quantitative estimate of drug-likeness (QED) is 0.562. The SMILES string of the molecule is CCOC(=O)c1nnc(SCC(=O)N2CCOCC2)o1. The van der Waals surface area contributed by atoms with Crippen molar-refractivity contribution >= 4 is 23.6 Å². The summed E-state index contributed by atoms with van der Waals surface area (Å²) in [5.41, 5.74) is 0. The van der Waals surface area contributed by atoms with Gasteiger partial charge in [-0.2, -0.15) is 0 Å². The number of esters is 1. The Kier molecular flexibility index (Phi) is 5.36. The third-order valence-corrected chi connectivity index (χ3v) is 3.34. The second kappa shape index (κ2) is 7.25. The van der Waals surface area contributed by atoms with Crippen molar-refractivity contribution in [2.75, 3.05) is 38.7 Å². The van der Waals surface area contributed by atoms with Crippen LogP contribution in [-0.2, 0) is 14.3 Å². The van der Waals surface area contributed by atoms with Crippen LogP contribution in [0.1, 0.15) is 17.6 Å². The lowest BCUT2D eigenvalue weighted by Gasteiger charge is -2.26. The van der Waals surface area contributed by atoms with Crippen LogP contribution in [0.3, 0.4) is 0 Å². The number of amides is 1. The van der Waals surface area contributed by atoms with E-state index in [9.17, 15) is 9.59 Å². The molecule has 1 saturated heterocycles. The molecule has 1 aromatic rings. The number of thioether (sulfide) groups is 1. The summed E-state index contributed by atoms with van der Waals surface area (Å²) in [6.45, 7) is 4.23. The van der Waals surface area contributed by atoms with Gasteiger partial charge in [0.25, 0.3) is 5.22 Å². The van der Waals surface area contributed by atoms with Crippen molar-refractivity contribution in [3.8, 4) is 0 Å². The summed E-state index contributed by atoms with van der Waals surface area (Å²) < 4.78 is 15.0. The lowest BCUT2D eigenvalue weighted by atomic mass is 10.4. The second-order valence-electron chi connectivity index (χ2n) is 3.88. The molecule has 9 heteroatoms. The zero-order valence-corrected chi connectivity index (χ0v) is 11.9. The first kappa shape index (κ1) is 14.8. The molecule has 1 amide bonds. The highest BCUT2D eigenvalue weighted by atomic mass is 32.2. The maximum atomic E-state index is 11.9. The molecule has 2 heterocycles. The minimum absolute atomic E-state index is 0.0193. The molecule has 0 aliphatic carbocycles. The number of carbonyl (C=O) groups is 2. The van der Waals surface area contributed by atoms with Gasteiger partial charge in [0.05, 0.1) is 25.6 Å². The Balaban J connectivity index is 1.81. The lowest BCUT2D eigenvalue weighted by molar-refractivity contribution is -0.132. The van der Waals surface area contributed by atoms with Crippen molar-refractivity contribution in [1.29, 1.82) is 0 Å². The number of ether oxygens (including phenoxy) is 2. The summed E-state index contributed by atoms with van der Waals surface area (Å²) in [6.07, 6.45) is 0. The number of nitrogens with zero attached hydrogens (tertiary/aromatic N) is 3. The van der Waals surface area contributed by atoms with Crippen LogP contribution in [0.2, 0.25) is 0 Å². The molecule has 2 rings (SSSR count). The van der Waals surface area contributed by atoms with E-state index in [1.807, 2.05) is 0 Å². The number of carbonyl (C=O) groups excluding carboxylic acids is 2. The molecule has 8 nitrogen and oxygen atoms in total. The fraction of sp³-hybridized carbons (Fsp3) is 0.636. The lowest BCUT2D eigenvalue weighted by Crippen LogP contribution is -2.41. The summed E-state index contributed by atoms with van der Waals surface area (Å²) in [4.78, 5) is 24.9. The molecule has 0 unspecified atom stereocenters. The molecule has 0 radical (unpaired) electrons. The van der Waals surface area contributed by atoms with E-state index in [1.165, 1.54) is 0 Å². The van der Waals surface area contributed by atoms with Gasteiger partial charge in [-0.3, -0.25) is 4.79 Å². The molecule has 110 valence electrons. The van der Waals surface area contributed by atoms with Crippen LogP contribution in [0, 0.1) is 0 Å². The number of hydrogen-bond donors (Lipinski definition) is 0. The molecule has 1 aliphatic rings. The minimum atomic E-state index is -0.661. The predicted octanol–water partition coefficient (Wildman–Crippen LogP) is 0.197. The molecule has 0 saturated carbocycles. The van der Waals surface area contributed by atoms with Crippen LogP contribution in [0.4, 0.5) is 0 Å². The summed E-state index contributed by atoms with van der Waals surface area (Å²) in [5.74, 6) is -0.696. The molecule has 0 aromatic carbocycles. The van der Waals surface area contributed by atoms with Crippen LogP contribution >= 0.6 is 11.8 Å². The van der Waals surface area contributed by atoms with Gasteiger partial charge in [0, 0.05) is 13.1 Å². The first-order valence-electron chi connectivity index (χ1n) is 6.19. The number of rotatable bonds is 5. The second-order valence-corrected chi connectivity index (χ2v) is 4.80. The highest BCUT2D eigenvalue weighted by molar-refractivity contribution is 7.99. The van der Waals surface area contributed by atoms with E-state index in [2.05, 4.69) is 10.2 Å². The molecule has 1 fully saturated rings. The molecule has 1 aromatic heterocycles. The third-order valence-electron chi connectivity index (χ3n) is 2.54. The Bertz CT molecular complexity index is 472. The molecule has 0 N–H and O–H groups in total. The summed E-state index contributed by atoms with van der Waals surface area (Å²) in [7, 11) is 0. The van der Waals surface area contributed by atoms with Gasteiger partial charge in [0.1, 0.15) is 0 Å². The van der Waals surface area contributed by atoms with Crippen molar-refractivity contribution in [2.24, 2.45) is 0 Å². The van der Waals surface area contributed by atoms with Gasteiger partial charge < -0.3 is 18.8 Å². The first-order valence-corrected chi connectivity index (χ1v) is 7.18. The van der Waals surface area contributed by atoms with Crippen molar-refractivity contribution < 1.29 is 23.5 Å². The fourth-order valence-electron chi connectivity index (χ4n) is 1.57. The normalized spacial score (nSPS) is 15.2. The Labute approximate surface area is 119 Å². The van der Waals surface area contributed by atoms with E-state index in [-0.39, 0.29) is 29.4 Å². The van der Waals surface area contributed by atoms with Crippen LogP contribution in [0.15, 0.2) is 9.64 Å². The monoisotopic (exact) mass is 301 g/mol. The summed E-state index contributed by atoms with van der Waals surface area (Å²) >= 11 is 1.10. The Morgan fingerprint density at radius 2 is 2.10 bits per heavy atom. The van der Waals surface area contributed by atoms with E-state index in [0.717, 1.165) is 11.8 Å². The molecule has 20 heavy (non-hydrogen) atoms. The van der Waals surface area contributed by atoms with Crippen molar-refractivity contribution in [3.05, 3.63) is 5.89 Å². The third kappa shape index (κ3) is 3.94. The molecular formula is C11H15N3O5S. The van der Waals surface area contributed by atoms with Crippen LogP contribution in [-0.4, -0.2) is 65.6 Å².